The second-order valence-electron chi connectivity index (χ2n) is 4.79. The number of piperidine rings is 1. The average molecular weight is 295 g/mol. The zero-order chi connectivity index (χ0) is 12.1. The number of halogens is 1. The van der Waals surface area contributed by atoms with Crippen molar-refractivity contribution in [1.29, 1.82) is 0 Å². The molecule has 2 fully saturated rings. The topological polar surface area (TPSA) is 50.4 Å². The average Bonchev–Trinajstić information content (AvgIpc) is 2.90. The first-order chi connectivity index (χ1) is 8.27. The zero-order valence-electron chi connectivity index (χ0n) is 10.9. The number of thioether (sulfide) groups is 1. The van der Waals surface area contributed by atoms with E-state index in [2.05, 4.69) is 10.6 Å². The van der Waals surface area contributed by atoms with E-state index in [1.807, 2.05) is 11.8 Å². The fraction of sp³-hybridized carbons (Fsp3) is 0.917. The minimum Gasteiger partial charge on any atom is -0.368 e. The highest BCUT2D eigenvalue weighted by Gasteiger charge is 2.39. The molecule has 0 radical (unpaired) electrons. The zero-order valence-corrected chi connectivity index (χ0v) is 12.5. The molecule has 2 heterocycles. The third-order valence-corrected chi connectivity index (χ3v) is 5.13. The SMILES string of the molecule is COC1(C(=O)NCC2CCCS2)CCNCC1.Cl. The van der Waals surface area contributed by atoms with Gasteiger partial charge in [0.05, 0.1) is 0 Å². The molecule has 6 heteroatoms. The van der Waals surface area contributed by atoms with Gasteiger partial charge in [-0.1, -0.05) is 0 Å². The fourth-order valence-corrected chi connectivity index (χ4v) is 3.73. The predicted molar refractivity (Wildman–Crippen MR) is 77.6 cm³/mol. The van der Waals surface area contributed by atoms with Gasteiger partial charge in [0.2, 0.25) is 0 Å². The third-order valence-electron chi connectivity index (χ3n) is 3.73. The van der Waals surface area contributed by atoms with E-state index in [0.717, 1.165) is 32.5 Å². The lowest BCUT2D eigenvalue weighted by Gasteiger charge is -2.35. The summed E-state index contributed by atoms with van der Waals surface area (Å²) in [7, 11) is 1.65. The van der Waals surface area contributed by atoms with Crippen molar-refractivity contribution in [2.75, 3.05) is 32.5 Å². The highest BCUT2D eigenvalue weighted by atomic mass is 35.5. The molecule has 1 amide bonds. The lowest BCUT2D eigenvalue weighted by molar-refractivity contribution is -0.146. The number of rotatable bonds is 4. The molecule has 0 saturated carbocycles. The summed E-state index contributed by atoms with van der Waals surface area (Å²) in [5, 5.41) is 6.94. The van der Waals surface area contributed by atoms with E-state index in [1.165, 1.54) is 18.6 Å². The van der Waals surface area contributed by atoms with E-state index in [9.17, 15) is 4.79 Å². The van der Waals surface area contributed by atoms with Crippen molar-refractivity contribution in [3.8, 4) is 0 Å². The summed E-state index contributed by atoms with van der Waals surface area (Å²) in [6.07, 6.45) is 4.05. The van der Waals surface area contributed by atoms with Crippen molar-refractivity contribution in [1.82, 2.24) is 10.6 Å². The van der Waals surface area contributed by atoms with Crippen molar-refractivity contribution >= 4 is 30.1 Å². The largest absolute Gasteiger partial charge is 0.368 e. The van der Waals surface area contributed by atoms with Gasteiger partial charge >= 0.3 is 0 Å². The van der Waals surface area contributed by atoms with Crippen LogP contribution < -0.4 is 10.6 Å². The molecule has 0 aromatic rings. The number of amides is 1. The van der Waals surface area contributed by atoms with Crippen molar-refractivity contribution in [2.45, 2.75) is 36.5 Å². The molecule has 0 aliphatic carbocycles. The summed E-state index contributed by atoms with van der Waals surface area (Å²) in [5.41, 5.74) is -0.589. The molecule has 2 N–H and O–H groups in total. The lowest BCUT2D eigenvalue weighted by atomic mass is 9.91. The van der Waals surface area contributed by atoms with E-state index in [-0.39, 0.29) is 18.3 Å². The molecule has 4 nitrogen and oxygen atoms in total. The number of carbonyl (C=O) groups excluding carboxylic acids is 1. The second-order valence-corrected chi connectivity index (χ2v) is 6.20. The Bertz CT molecular complexity index is 267. The van der Waals surface area contributed by atoms with Gasteiger partial charge in [0.15, 0.2) is 0 Å². The molecular formula is C12H23ClN2O2S. The molecule has 0 aromatic heterocycles. The predicted octanol–water partition coefficient (Wildman–Crippen LogP) is 1.19. The minimum absolute atomic E-state index is 0. The molecular weight excluding hydrogens is 272 g/mol. The van der Waals surface area contributed by atoms with Gasteiger partial charge in [0.25, 0.3) is 5.91 Å². The third kappa shape index (κ3) is 3.76. The Hall–Kier alpha value is 0.0300. The first-order valence-corrected chi connectivity index (χ1v) is 7.47. The Labute approximate surface area is 119 Å². The van der Waals surface area contributed by atoms with Crippen LogP contribution in [-0.2, 0) is 9.53 Å². The first kappa shape index (κ1) is 16.1. The summed E-state index contributed by atoms with van der Waals surface area (Å²) in [6.45, 7) is 2.51. The van der Waals surface area contributed by atoms with Gasteiger partial charge < -0.3 is 15.4 Å². The molecule has 2 aliphatic heterocycles. The van der Waals surface area contributed by atoms with Crippen molar-refractivity contribution in [2.24, 2.45) is 0 Å². The maximum atomic E-state index is 12.2. The maximum absolute atomic E-state index is 12.2. The van der Waals surface area contributed by atoms with Crippen LogP contribution in [0.2, 0.25) is 0 Å². The van der Waals surface area contributed by atoms with E-state index >= 15 is 0 Å². The summed E-state index contributed by atoms with van der Waals surface area (Å²) < 4.78 is 5.50. The molecule has 0 bridgehead atoms. The van der Waals surface area contributed by atoms with Gasteiger partial charge in [-0.3, -0.25) is 4.79 Å². The van der Waals surface area contributed by atoms with Crippen LogP contribution in [0.4, 0.5) is 0 Å². The standard InChI is InChI=1S/C12H22N2O2S.ClH/c1-16-12(4-6-13-7-5-12)11(15)14-9-10-3-2-8-17-10;/h10,13H,2-9H2,1H3,(H,14,15);1H. The summed E-state index contributed by atoms with van der Waals surface area (Å²) in [6, 6.07) is 0. The quantitative estimate of drug-likeness (QED) is 0.818. The van der Waals surface area contributed by atoms with Crippen LogP contribution in [0.25, 0.3) is 0 Å². The van der Waals surface area contributed by atoms with E-state index in [4.69, 9.17) is 4.74 Å². The number of hydrogen-bond acceptors (Lipinski definition) is 4. The van der Waals surface area contributed by atoms with E-state index in [0.29, 0.717) is 5.25 Å². The second kappa shape index (κ2) is 7.58. The fourth-order valence-electron chi connectivity index (χ4n) is 2.53. The van der Waals surface area contributed by atoms with Crippen molar-refractivity contribution in [3.05, 3.63) is 0 Å². The van der Waals surface area contributed by atoms with Crippen LogP contribution in [-0.4, -0.2) is 49.3 Å². The van der Waals surface area contributed by atoms with Crippen LogP contribution in [0, 0.1) is 0 Å². The molecule has 106 valence electrons. The molecule has 2 saturated heterocycles. The molecule has 0 spiro atoms. The van der Waals surface area contributed by atoms with Crippen molar-refractivity contribution in [3.63, 3.8) is 0 Å². The Morgan fingerprint density at radius 2 is 2.22 bits per heavy atom. The minimum atomic E-state index is -0.589. The molecule has 1 atom stereocenters. The van der Waals surface area contributed by atoms with Crippen LogP contribution in [0.5, 0.6) is 0 Å². The maximum Gasteiger partial charge on any atom is 0.252 e. The summed E-state index contributed by atoms with van der Waals surface area (Å²) in [4.78, 5) is 12.2. The molecule has 2 rings (SSSR count). The molecule has 1 unspecified atom stereocenters. The normalized spacial score (nSPS) is 26.4. The van der Waals surface area contributed by atoms with Crippen LogP contribution >= 0.6 is 24.2 Å². The van der Waals surface area contributed by atoms with Gasteiger partial charge in [-0.15, -0.1) is 12.4 Å². The van der Waals surface area contributed by atoms with E-state index in [1.54, 1.807) is 7.11 Å². The van der Waals surface area contributed by atoms with Crippen LogP contribution in [0.15, 0.2) is 0 Å². The Balaban J connectivity index is 0.00000162. The van der Waals surface area contributed by atoms with Gasteiger partial charge in [0.1, 0.15) is 5.60 Å². The molecule has 0 aromatic carbocycles. The van der Waals surface area contributed by atoms with Gasteiger partial charge in [0, 0.05) is 18.9 Å². The number of nitrogens with one attached hydrogen (secondary N) is 2. The molecule has 18 heavy (non-hydrogen) atoms. The van der Waals surface area contributed by atoms with Gasteiger partial charge in [-0.25, -0.2) is 0 Å². The number of hydrogen-bond donors (Lipinski definition) is 2. The Morgan fingerprint density at radius 1 is 1.50 bits per heavy atom. The lowest BCUT2D eigenvalue weighted by Crippen LogP contribution is -2.54. The first-order valence-electron chi connectivity index (χ1n) is 6.43. The highest BCUT2D eigenvalue weighted by molar-refractivity contribution is 8.00. The number of methoxy groups -OCH3 is 1. The molecule has 2 aliphatic rings. The smallest absolute Gasteiger partial charge is 0.252 e. The number of carbonyl (C=O) groups is 1. The summed E-state index contributed by atoms with van der Waals surface area (Å²) in [5.74, 6) is 1.31. The van der Waals surface area contributed by atoms with Crippen LogP contribution in [0.1, 0.15) is 25.7 Å². The van der Waals surface area contributed by atoms with Gasteiger partial charge in [-0.05, 0) is 44.5 Å². The van der Waals surface area contributed by atoms with Crippen LogP contribution in [0.3, 0.4) is 0 Å². The van der Waals surface area contributed by atoms with E-state index < -0.39 is 5.60 Å². The van der Waals surface area contributed by atoms with Gasteiger partial charge in [-0.2, -0.15) is 11.8 Å². The number of ether oxygens (including phenoxy) is 1. The van der Waals surface area contributed by atoms with Crippen molar-refractivity contribution < 1.29 is 9.53 Å². The Morgan fingerprint density at radius 3 is 2.78 bits per heavy atom. The monoisotopic (exact) mass is 294 g/mol. The summed E-state index contributed by atoms with van der Waals surface area (Å²) >= 11 is 1.97. The Kier molecular flexibility index (Phi) is 6.77. The highest BCUT2D eigenvalue weighted by Crippen LogP contribution is 2.26.